The maximum atomic E-state index is 13.5. The van der Waals surface area contributed by atoms with Crippen LogP contribution in [0.3, 0.4) is 0 Å². The number of rotatable bonds is 7. The molecule has 1 unspecified atom stereocenters. The van der Waals surface area contributed by atoms with Gasteiger partial charge >= 0.3 is 0 Å². The molecule has 8 nitrogen and oxygen atoms in total. The average molecular weight is 419 g/mol. The molecule has 0 fully saturated rings. The lowest BCUT2D eigenvalue weighted by atomic mass is 10.2. The third-order valence-corrected chi connectivity index (χ3v) is 5.12. The zero-order valence-corrected chi connectivity index (χ0v) is 15.6. The first-order chi connectivity index (χ1) is 13.8. The smallest absolute Gasteiger partial charge is 0.298 e. The summed E-state index contributed by atoms with van der Waals surface area (Å²) in [6.07, 6.45) is 4.28. The van der Waals surface area contributed by atoms with Crippen molar-refractivity contribution in [1.82, 2.24) is 10.6 Å². The van der Waals surface area contributed by atoms with E-state index in [4.69, 9.17) is 9.44 Å². The van der Waals surface area contributed by atoms with E-state index in [1.54, 1.807) is 0 Å². The van der Waals surface area contributed by atoms with Crippen molar-refractivity contribution in [2.45, 2.75) is 10.7 Å². The predicted octanol–water partition coefficient (Wildman–Crippen LogP) is 2.00. The van der Waals surface area contributed by atoms with Crippen molar-refractivity contribution in [3.63, 3.8) is 0 Å². The summed E-state index contributed by atoms with van der Waals surface area (Å²) < 4.78 is 56.2. The van der Waals surface area contributed by atoms with E-state index < -0.39 is 34.3 Å². The van der Waals surface area contributed by atoms with Crippen LogP contribution < -0.4 is 16.0 Å². The number of aliphatic imine (C=N–C) groups is 1. The Morgan fingerprint density at radius 2 is 1.93 bits per heavy atom. The van der Waals surface area contributed by atoms with E-state index in [0.29, 0.717) is 5.56 Å². The predicted molar refractivity (Wildman–Crippen MR) is 101 cm³/mol. The van der Waals surface area contributed by atoms with Crippen molar-refractivity contribution in [3.8, 4) is 6.07 Å². The number of benzene rings is 2. The Morgan fingerprint density at radius 3 is 2.55 bits per heavy atom. The Labute approximate surface area is 165 Å². The molecule has 0 saturated carbocycles. The summed E-state index contributed by atoms with van der Waals surface area (Å²) in [7, 11) is -4.10. The molecule has 0 aliphatic carbocycles. The molecule has 0 saturated heterocycles. The third-order valence-electron chi connectivity index (χ3n) is 3.84. The maximum absolute atomic E-state index is 13.5. The zero-order valence-electron chi connectivity index (χ0n) is 14.8. The molecule has 1 aliphatic rings. The summed E-state index contributed by atoms with van der Waals surface area (Å²) >= 11 is 0. The second-order valence-corrected chi connectivity index (χ2v) is 7.44. The Morgan fingerprint density at radius 1 is 1.17 bits per heavy atom. The van der Waals surface area contributed by atoms with Crippen LogP contribution >= 0.6 is 0 Å². The van der Waals surface area contributed by atoms with Gasteiger partial charge in [-0.1, -0.05) is 0 Å². The number of hydrogen-bond acceptors (Lipinski definition) is 8. The molecule has 1 atom stereocenters. The molecule has 0 radical (unpaired) electrons. The summed E-state index contributed by atoms with van der Waals surface area (Å²) in [5.74, 6) is -3.37. The van der Waals surface area contributed by atoms with Crippen LogP contribution in [0.1, 0.15) is 5.56 Å². The number of nitriles is 1. The van der Waals surface area contributed by atoms with Gasteiger partial charge in [-0.3, -0.25) is 9.18 Å². The summed E-state index contributed by atoms with van der Waals surface area (Å²) in [5.41, 5.74) is 0.520. The number of halogens is 2. The topological polar surface area (TPSA) is 116 Å². The van der Waals surface area contributed by atoms with Gasteiger partial charge in [-0.2, -0.15) is 13.7 Å². The first-order valence-electron chi connectivity index (χ1n) is 8.18. The van der Waals surface area contributed by atoms with Crippen LogP contribution in [0.15, 0.2) is 64.8 Å². The van der Waals surface area contributed by atoms with Gasteiger partial charge in [-0.05, 0) is 36.4 Å². The van der Waals surface area contributed by atoms with E-state index in [-0.39, 0.29) is 10.6 Å². The lowest BCUT2D eigenvalue weighted by molar-refractivity contribution is 0.250. The van der Waals surface area contributed by atoms with Gasteiger partial charge in [0.2, 0.25) is 5.79 Å². The molecule has 0 aromatic heterocycles. The Bertz CT molecular complexity index is 1100. The maximum Gasteiger partial charge on any atom is 0.298 e. The lowest BCUT2D eigenvalue weighted by Gasteiger charge is -2.34. The minimum atomic E-state index is -4.10. The van der Waals surface area contributed by atoms with Crippen LogP contribution in [0.25, 0.3) is 0 Å². The van der Waals surface area contributed by atoms with E-state index in [2.05, 4.69) is 20.9 Å². The lowest BCUT2D eigenvalue weighted by Crippen LogP contribution is -2.63. The fourth-order valence-electron chi connectivity index (χ4n) is 2.40. The van der Waals surface area contributed by atoms with Gasteiger partial charge in [0, 0.05) is 24.2 Å². The van der Waals surface area contributed by atoms with Crippen molar-refractivity contribution in [2.75, 3.05) is 12.0 Å². The van der Waals surface area contributed by atoms with Crippen LogP contribution in [0, 0.1) is 23.0 Å². The summed E-state index contributed by atoms with van der Waals surface area (Å²) in [6, 6.07) is 10.3. The first kappa shape index (κ1) is 20.4. The molecule has 1 aliphatic heterocycles. The molecular formula is C18H15F2N5O3S. The van der Waals surface area contributed by atoms with Crippen LogP contribution in [0.2, 0.25) is 0 Å². The number of nitrogens with one attached hydrogen (secondary N) is 3. The van der Waals surface area contributed by atoms with E-state index >= 15 is 0 Å². The summed E-state index contributed by atoms with van der Waals surface area (Å²) in [6.45, 7) is -0.480. The molecule has 29 heavy (non-hydrogen) atoms. The minimum Gasteiger partial charge on any atom is -0.351 e. The standard InChI is InChI=1S/C18H15F2N5O3S/c19-16-6-3-14(9-17(16)20)25-18(11-22-7-8-23-18)24-12-28-29(26,27)15-4-1-13(10-21)2-5-15/h1-9,11,23-25H,12H2. The van der Waals surface area contributed by atoms with Gasteiger partial charge in [0.1, 0.15) is 6.73 Å². The van der Waals surface area contributed by atoms with E-state index in [1.165, 1.54) is 48.9 Å². The second kappa shape index (κ2) is 8.36. The molecule has 1 heterocycles. The quantitative estimate of drug-likeness (QED) is 0.464. The van der Waals surface area contributed by atoms with Crippen molar-refractivity contribution >= 4 is 22.0 Å². The van der Waals surface area contributed by atoms with Gasteiger partial charge in [0.05, 0.1) is 22.7 Å². The Balaban J connectivity index is 1.70. The minimum absolute atomic E-state index is 0.119. The van der Waals surface area contributed by atoms with Crippen molar-refractivity contribution in [3.05, 3.63) is 72.1 Å². The largest absolute Gasteiger partial charge is 0.351 e. The molecule has 3 rings (SSSR count). The zero-order chi connectivity index (χ0) is 20.9. The number of hydrogen-bond donors (Lipinski definition) is 3. The fourth-order valence-corrected chi connectivity index (χ4v) is 3.22. The fraction of sp³-hybridized carbons (Fsp3) is 0.111. The molecule has 150 valence electrons. The highest BCUT2D eigenvalue weighted by atomic mass is 32.2. The van der Waals surface area contributed by atoms with Crippen molar-refractivity contribution in [2.24, 2.45) is 4.99 Å². The summed E-state index contributed by atoms with van der Waals surface area (Å²) in [5, 5.41) is 17.3. The van der Waals surface area contributed by atoms with Crippen LogP contribution in [-0.4, -0.2) is 27.2 Å². The van der Waals surface area contributed by atoms with E-state index in [0.717, 1.165) is 12.1 Å². The number of nitrogens with zero attached hydrogens (tertiary/aromatic N) is 2. The Kier molecular flexibility index (Phi) is 5.88. The average Bonchev–Trinajstić information content (AvgIpc) is 2.71. The molecule has 0 spiro atoms. The third kappa shape index (κ3) is 4.94. The number of anilines is 1. The monoisotopic (exact) mass is 419 g/mol. The molecule has 3 N–H and O–H groups in total. The first-order valence-corrected chi connectivity index (χ1v) is 9.59. The normalized spacial score (nSPS) is 18.1. The highest BCUT2D eigenvalue weighted by molar-refractivity contribution is 7.86. The molecule has 11 heteroatoms. The van der Waals surface area contributed by atoms with Gasteiger partial charge in [0.15, 0.2) is 11.6 Å². The van der Waals surface area contributed by atoms with Crippen LogP contribution in [-0.2, 0) is 14.3 Å². The molecular weight excluding hydrogens is 404 g/mol. The molecule has 0 bridgehead atoms. The SMILES string of the molecule is N#Cc1ccc(S(=O)(=O)OCNC2(Nc3ccc(F)c(F)c3)C=NC=CN2)cc1. The highest BCUT2D eigenvalue weighted by Crippen LogP contribution is 2.17. The van der Waals surface area contributed by atoms with E-state index in [1.807, 2.05) is 6.07 Å². The molecule has 0 amide bonds. The highest BCUT2D eigenvalue weighted by Gasteiger charge is 2.29. The second-order valence-electron chi connectivity index (χ2n) is 5.83. The van der Waals surface area contributed by atoms with Gasteiger partial charge in [-0.25, -0.2) is 14.1 Å². The van der Waals surface area contributed by atoms with E-state index in [9.17, 15) is 17.2 Å². The van der Waals surface area contributed by atoms with Crippen LogP contribution in [0.5, 0.6) is 0 Å². The van der Waals surface area contributed by atoms with Crippen molar-refractivity contribution < 1.29 is 21.4 Å². The van der Waals surface area contributed by atoms with Gasteiger partial charge in [0.25, 0.3) is 10.1 Å². The Hall–Kier alpha value is -3.33. The molecule has 2 aromatic rings. The van der Waals surface area contributed by atoms with Crippen molar-refractivity contribution in [1.29, 1.82) is 5.26 Å². The van der Waals surface area contributed by atoms with Gasteiger partial charge in [-0.15, -0.1) is 0 Å². The van der Waals surface area contributed by atoms with Gasteiger partial charge < -0.3 is 10.6 Å². The molecule has 2 aromatic carbocycles. The van der Waals surface area contributed by atoms with Crippen LogP contribution in [0.4, 0.5) is 14.5 Å². The summed E-state index contributed by atoms with van der Waals surface area (Å²) in [4.78, 5) is 3.84.